The molecule has 12 heavy (non-hydrogen) atoms. The zero-order chi connectivity index (χ0) is 8.97. The molecule has 0 saturated carbocycles. The molecule has 0 aromatic carbocycles. The van der Waals surface area contributed by atoms with E-state index in [1.807, 2.05) is 19.1 Å². The van der Waals surface area contributed by atoms with Gasteiger partial charge in [0.15, 0.2) is 0 Å². The Bertz CT molecular complexity index is 241. The lowest BCUT2D eigenvalue weighted by Crippen LogP contribution is -2.23. The van der Waals surface area contributed by atoms with Gasteiger partial charge in [-0.3, -0.25) is 4.99 Å². The van der Waals surface area contributed by atoms with Crippen LogP contribution in [0.4, 0.5) is 0 Å². The fraction of sp³-hybridized carbons (Fsp3) is 0.444. The number of hydrogen-bond donors (Lipinski definition) is 1. The van der Waals surface area contributed by atoms with E-state index in [1.165, 1.54) is 0 Å². The average Bonchev–Trinajstić information content (AvgIpc) is 2.20. The van der Waals surface area contributed by atoms with Gasteiger partial charge in [0.05, 0.1) is 5.03 Å². The molecule has 0 radical (unpaired) electrons. The summed E-state index contributed by atoms with van der Waals surface area (Å²) in [6.45, 7) is 4.90. The highest BCUT2D eigenvalue weighted by Crippen LogP contribution is 2.10. The molecule has 0 fully saturated rings. The first-order valence-electron chi connectivity index (χ1n) is 4.08. The van der Waals surface area contributed by atoms with Crippen LogP contribution in [0.2, 0.25) is 0 Å². The van der Waals surface area contributed by atoms with E-state index < -0.39 is 0 Å². The van der Waals surface area contributed by atoms with Gasteiger partial charge in [-0.15, -0.1) is 0 Å². The predicted molar refractivity (Wildman–Crippen MR) is 53.4 cm³/mol. The van der Waals surface area contributed by atoms with Gasteiger partial charge in [0.25, 0.3) is 0 Å². The molecule has 1 rings (SSSR count). The molecule has 1 aliphatic heterocycles. The molecule has 0 bridgehead atoms. The molecule has 0 aromatic rings. The number of allylic oxidation sites excluding steroid dienone is 2. The fourth-order valence-electron chi connectivity index (χ4n) is 1.01. The third-order valence-corrected chi connectivity index (χ3v) is 1.90. The Balaban J connectivity index is 2.79. The maximum atomic E-state index is 5.81. The van der Waals surface area contributed by atoms with E-state index in [-0.39, 0.29) is 0 Å². The lowest BCUT2D eigenvalue weighted by Gasteiger charge is -2.08. The Kier molecular flexibility index (Phi) is 3.35. The third kappa shape index (κ3) is 2.38. The van der Waals surface area contributed by atoms with E-state index in [2.05, 4.69) is 17.2 Å². The van der Waals surface area contributed by atoms with E-state index in [0.717, 1.165) is 12.4 Å². The van der Waals surface area contributed by atoms with E-state index in [9.17, 15) is 0 Å². The summed E-state index contributed by atoms with van der Waals surface area (Å²) in [5.41, 5.74) is 0. The van der Waals surface area contributed by atoms with Gasteiger partial charge < -0.3 is 5.32 Å². The molecule has 0 spiro atoms. The number of nitrogens with one attached hydrogen (secondary N) is 1. The van der Waals surface area contributed by atoms with Gasteiger partial charge in [-0.2, -0.15) is 0 Å². The van der Waals surface area contributed by atoms with Gasteiger partial charge in [0, 0.05) is 18.7 Å². The van der Waals surface area contributed by atoms with Crippen molar-refractivity contribution in [3.05, 3.63) is 23.4 Å². The Morgan fingerprint density at radius 3 is 3.08 bits per heavy atom. The molecule has 1 aliphatic rings. The summed E-state index contributed by atoms with van der Waals surface area (Å²) in [7, 11) is 0. The van der Waals surface area contributed by atoms with Crippen LogP contribution >= 0.6 is 11.6 Å². The van der Waals surface area contributed by atoms with Crippen molar-refractivity contribution < 1.29 is 0 Å². The minimum atomic E-state index is 0.317. The minimum absolute atomic E-state index is 0.317. The van der Waals surface area contributed by atoms with Gasteiger partial charge in [-0.1, -0.05) is 24.6 Å². The van der Waals surface area contributed by atoms with Crippen molar-refractivity contribution in [2.45, 2.75) is 13.8 Å². The van der Waals surface area contributed by atoms with Crippen LogP contribution in [-0.2, 0) is 0 Å². The normalized spacial score (nSPS) is 26.4. The average molecular weight is 185 g/mol. The van der Waals surface area contributed by atoms with Crippen LogP contribution < -0.4 is 5.32 Å². The molecule has 1 heterocycles. The van der Waals surface area contributed by atoms with Gasteiger partial charge >= 0.3 is 0 Å². The molecular formula is C9H13ClN2. The van der Waals surface area contributed by atoms with Crippen molar-refractivity contribution in [2.24, 2.45) is 10.9 Å². The van der Waals surface area contributed by atoms with Crippen LogP contribution in [0.3, 0.4) is 0 Å². The van der Waals surface area contributed by atoms with Gasteiger partial charge in [-0.05, 0) is 13.0 Å². The maximum absolute atomic E-state index is 5.81. The number of aliphatic imine (C=N–C) groups is 1. The van der Waals surface area contributed by atoms with E-state index in [1.54, 1.807) is 6.20 Å². The maximum Gasteiger partial charge on any atom is 0.107 e. The summed E-state index contributed by atoms with van der Waals surface area (Å²) in [4.78, 5) is 4.31. The lowest BCUT2D eigenvalue weighted by molar-refractivity contribution is 0.924. The number of hydrogen-bond acceptors (Lipinski definition) is 1. The second-order valence-electron chi connectivity index (χ2n) is 2.68. The number of halogens is 1. The highest BCUT2D eigenvalue weighted by Gasteiger charge is 2.07. The van der Waals surface area contributed by atoms with Crippen LogP contribution in [-0.4, -0.2) is 12.4 Å². The van der Waals surface area contributed by atoms with Crippen molar-refractivity contribution in [2.75, 3.05) is 6.54 Å². The molecule has 0 amide bonds. The van der Waals surface area contributed by atoms with Gasteiger partial charge in [0.1, 0.15) is 5.84 Å². The largest absolute Gasteiger partial charge is 0.348 e. The number of amidine groups is 1. The summed E-state index contributed by atoms with van der Waals surface area (Å²) in [5, 5.41) is 3.79. The summed E-state index contributed by atoms with van der Waals surface area (Å²) in [6, 6.07) is 0. The molecule has 0 aliphatic carbocycles. The summed E-state index contributed by atoms with van der Waals surface area (Å²) in [5.74, 6) is 1.29. The lowest BCUT2D eigenvalue weighted by atomic mass is 10.1. The summed E-state index contributed by atoms with van der Waals surface area (Å²) in [6.07, 6.45) is 5.68. The van der Waals surface area contributed by atoms with Crippen LogP contribution in [0.1, 0.15) is 13.8 Å². The van der Waals surface area contributed by atoms with E-state index in [4.69, 9.17) is 11.6 Å². The Morgan fingerprint density at radius 2 is 2.42 bits per heavy atom. The second-order valence-corrected chi connectivity index (χ2v) is 3.12. The summed E-state index contributed by atoms with van der Waals surface area (Å²) >= 11 is 5.81. The highest BCUT2D eigenvalue weighted by atomic mass is 35.5. The first-order chi connectivity index (χ1) is 5.74. The molecule has 66 valence electrons. The van der Waals surface area contributed by atoms with Gasteiger partial charge in [0.2, 0.25) is 0 Å². The standard InChI is InChI=1S/C9H13ClN2/c1-3-11-9-7(2)4-5-8(10)6-12-9/h4-7H,3H2,1-2H3,(H,11,12). The zero-order valence-corrected chi connectivity index (χ0v) is 8.10. The molecule has 1 unspecified atom stereocenters. The molecular weight excluding hydrogens is 172 g/mol. The van der Waals surface area contributed by atoms with Crippen LogP contribution in [0.5, 0.6) is 0 Å². The SMILES string of the molecule is CCN=C1NC=C(Cl)C=CC1C. The molecule has 1 N–H and O–H groups in total. The first kappa shape index (κ1) is 9.33. The van der Waals surface area contributed by atoms with E-state index in [0.29, 0.717) is 11.0 Å². The van der Waals surface area contributed by atoms with Crippen molar-refractivity contribution >= 4 is 17.4 Å². The van der Waals surface area contributed by atoms with Crippen LogP contribution in [0, 0.1) is 5.92 Å². The third-order valence-electron chi connectivity index (χ3n) is 1.66. The molecule has 2 nitrogen and oxygen atoms in total. The molecule has 0 aromatic heterocycles. The van der Waals surface area contributed by atoms with Crippen LogP contribution in [0.15, 0.2) is 28.4 Å². The zero-order valence-electron chi connectivity index (χ0n) is 7.34. The quantitative estimate of drug-likeness (QED) is 0.665. The Hall–Kier alpha value is -0.760. The number of nitrogens with zero attached hydrogens (tertiary/aromatic N) is 1. The molecule has 1 atom stereocenters. The molecule has 3 heteroatoms. The van der Waals surface area contributed by atoms with Crippen molar-refractivity contribution in [3.63, 3.8) is 0 Å². The van der Waals surface area contributed by atoms with Crippen molar-refractivity contribution in [1.29, 1.82) is 0 Å². The van der Waals surface area contributed by atoms with Crippen molar-refractivity contribution in [1.82, 2.24) is 5.32 Å². The van der Waals surface area contributed by atoms with Gasteiger partial charge in [-0.25, -0.2) is 0 Å². The highest BCUT2D eigenvalue weighted by molar-refractivity contribution is 6.31. The Labute approximate surface area is 78.0 Å². The topological polar surface area (TPSA) is 24.4 Å². The van der Waals surface area contributed by atoms with Crippen molar-refractivity contribution in [3.8, 4) is 0 Å². The monoisotopic (exact) mass is 184 g/mol. The second kappa shape index (κ2) is 4.31. The number of rotatable bonds is 1. The smallest absolute Gasteiger partial charge is 0.107 e. The van der Waals surface area contributed by atoms with Crippen LogP contribution in [0.25, 0.3) is 0 Å². The predicted octanol–water partition coefficient (Wildman–Crippen LogP) is 2.28. The fourth-order valence-corrected chi connectivity index (χ4v) is 1.14. The molecule has 0 saturated heterocycles. The Morgan fingerprint density at radius 1 is 1.67 bits per heavy atom. The van der Waals surface area contributed by atoms with E-state index >= 15 is 0 Å². The first-order valence-corrected chi connectivity index (χ1v) is 4.46. The summed E-state index contributed by atoms with van der Waals surface area (Å²) < 4.78 is 0. The minimum Gasteiger partial charge on any atom is -0.348 e.